The molecule has 4 aliphatic rings. The van der Waals surface area contributed by atoms with Gasteiger partial charge in [0.1, 0.15) is 5.60 Å². The van der Waals surface area contributed by atoms with Crippen LogP contribution in [0.5, 0.6) is 0 Å². The molecule has 4 aliphatic carbocycles. The predicted molar refractivity (Wildman–Crippen MR) is 116 cm³/mol. The van der Waals surface area contributed by atoms with Crippen molar-refractivity contribution < 1.29 is 9.90 Å². The van der Waals surface area contributed by atoms with Gasteiger partial charge in [-0.2, -0.15) is 0 Å². The standard InChI is InChI=1S/C25H33ClN2O2/c1-24-8-6-19-18-7-9-25(30,10-11-26)14-17(18)2-3-20(19)21(24)4-5-22(24)23(29)15-28-13-12-27-16-28/h12-13,16-22,30H,2-9,14-15H2,1H3/t17-,18-,19+,20+,21-,22+,24-,25-/m0/s1. The minimum atomic E-state index is -0.878. The number of hydrogen-bond acceptors (Lipinski definition) is 3. The minimum Gasteiger partial charge on any atom is -0.378 e. The number of halogens is 1. The number of hydrogen-bond donors (Lipinski definition) is 1. The lowest BCUT2D eigenvalue weighted by molar-refractivity contribution is -0.132. The molecule has 1 N–H and O–H groups in total. The third-order valence-corrected chi connectivity index (χ3v) is 9.67. The Balaban J connectivity index is 1.31. The maximum atomic E-state index is 13.2. The first kappa shape index (κ1) is 20.6. The maximum absolute atomic E-state index is 13.2. The topological polar surface area (TPSA) is 55.1 Å². The molecule has 1 heterocycles. The normalized spacial score (nSPS) is 44.9. The van der Waals surface area contributed by atoms with Crippen molar-refractivity contribution in [1.82, 2.24) is 9.55 Å². The van der Waals surface area contributed by atoms with E-state index in [0.717, 1.165) is 37.5 Å². The summed E-state index contributed by atoms with van der Waals surface area (Å²) >= 11 is 5.62. The molecule has 0 spiro atoms. The number of imidazole rings is 1. The van der Waals surface area contributed by atoms with Gasteiger partial charge < -0.3 is 9.67 Å². The summed E-state index contributed by atoms with van der Waals surface area (Å²) in [4.78, 5) is 17.3. The van der Waals surface area contributed by atoms with Crippen LogP contribution in [0.3, 0.4) is 0 Å². The molecule has 0 radical (unpaired) electrons. The zero-order valence-electron chi connectivity index (χ0n) is 17.9. The summed E-state index contributed by atoms with van der Waals surface area (Å²) in [5.41, 5.74) is -0.720. The number of carbonyl (C=O) groups is 1. The van der Waals surface area contributed by atoms with Gasteiger partial charge in [-0.15, -0.1) is 0 Å². The van der Waals surface area contributed by atoms with E-state index in [4.69, 9.17) is 11.6 Å². The molecule has 4 fully saturated rings. The second kappa shape index (κ2) is 7.68. The molecule has 8 atom stereocenters. The summed E-state index contributed by atoms with van der Waals surface area (Å²) in [6.45, 7) is 2.88. The van der Waals surface area contributed by atoms with Gasteiger partial charge in [-0.1, -0.05) is 12.8 Å². The van der Waals surface area contributed by atoms with Gasteiger partial charge >= 0.3 is 0 Å². The molecule has 0 amide bonds. The largest absolute Gasteiger partial charge is 0.378 e. The highest BCUT2D eigenvalue weighted by Gasteiger charge is 2.58. The van der Waals surface area contributed by atoms with E-state index in [-0.39, 0.29) is 11.3 Å². The van der Waals surface area contributed by atoms with Crippen molar-refractivity contribution in [3.8, 4) is 11.3 Å². The molecule has 4 nitrogen and oxygen atoms in total. The molecule has 5 rings (SSSR count). The molecule has 0 aromatic carbocycles. The van der Waals surface area contributed by atoms with Crippen LogP contribution < -0.4 is 0 Å². The Morgan fingerprint density at radius 2 is 2.00 bits per heavy atom. The Morgan fingerprint density at radius 3 is 2.77 bits per heavy atom. The number of Topliss-reactive ketones (excluding diaryl/α,β-unsaturated/α-hetero) is 1. The van der Waals surface area contributed by atoms with Crippen molar-refractivity contribution in [3.63, 3.8) is 0 Å². The molecule has 1 aromatic heterocycles. The van der Waals surface area contributed by atoms with Gasteiger partial charge in [-0.05, 0) is 104 Å². The van der Waals surface area contributed by atoms with Crippen LogP contribution in [0.2, 0.25) is 0 Å². The Hall–Kier alpha value is -1.31. The SMILES string of the molecule is C[C@]12CC[C@H]3[C@@H](CC[C@H]4C[C@@](O)(C#CCl)CC[C@@H]43)[C@@H]1CC[C@@H]2C(=O)Cn1ccnc1. The van der Waals surface area contributed by atoms with E-state index < -0.39 is 5.60 Å². The van der Waals surface area contributed by atoms with Crippen molar-refractivity contribution in [2.75, 3.05) is 0 Å². The van der Waals surface area contributed by atoms with Crippen LogP contribution >= 0.6 is 11.6 Å². The average molecular weight is 429 g/mol. The van der Waals surface area contributed by atoms with Crippen molar-refractivity contribution in [3.05, 3.63) is 18.7 Å². The van der Waals surface area contributed by atoms with Gasteiger partial charge in [-0.3, -0.25) is 4.79 Å². The number of nitrogens with zero attached hydrogens (tertiary/aromatic N) is 2. The fraction of sp³-hybridized carbons (Fsp3) is 0.760. The van der Waals surface area contributed by atoms with Crippen LogP contribution in [-0.2, 0) is 11.3 Å². The van der Waals surface area contributed by atoms with Gasteiger partial charge in [0.05, 0.1) is 12.9 Å². The van der Waals surface area contributed by atoms with Crippen molar-refractivity contribution >= 4 is 17.4 Å². The van der Waals surface area contributed by atoms with Crippen molar-refractivity contribution in [2.45, 2.75) is 76.9 Å². The summed E-state index contributed by atoms with van der Waals surface area (Å²) < 4.78 is 1.92. The van der Waals surface area contributed by atoms with E-state index in [9.17, 15) is 9.90 Å². The van der Waals surface area contributed by atoms with Gasteiger partial charge in [0.2, 0.25) is 0 Å². The van der Waals surface area contributed by atoms with Crippen LogP contribution in [0.1, 0.15) is 64.7 Å². The third-order valence-electron chi connectivity index (χ3n) is 9.58. The third kappa shape index (κ3) is 3.33. The summed E-state index contributed by atoms with van der Waals surface area (Å²) in [6, 6.07) is 0. The monoisotopic (exact) mass is 428 g/mol. The smallest absolute Gasteiger partial charge is 0.156 e. The first-order valence-corrected chi connectivity index (χ1v) is 12.1. The summed E-state index contributed by atoms with van der Waals surface area (Å²) in [5.74, 6) is 6.94. The van der Waals surface area contributed by atoms with Gasteiger partial charge in [-0.25, -0.2) is 4.98 Å². The second-order valence-electron chi connectivity index (χ2n) is 10.8. The molecule has 0 bridgehead atoms. The van der Waals surface area contributed by atoms with E-state index >= 15 is 0 Å². The first-order chi connectivity index (χ1) is 14.4. The molecule has 0 unspecified atom stereocenters. The Morgan fingerprint density at radius 1 is 1.17 bits per heavy atom. The number of fused-ring (bicyclic) bond motifs is 5. The summed E-state index contributed by atoms with van der Waals surface area (Å²) in [5, 5.41) is 13.2. The van der Waals surface area contributed by atoms with E-state index in [1.165, 1.54) is 32.1 Å². The van der Waals surface area contributed by atoms with Crippen LogP contribution in [0.15, 0.2) is 18.7 Å². The van der Waals surface area contributed by atoms with Crippen LogP contribution in [0.25, 0.3) is 0 Å². The Kier molecular flexibility index (Phi) is 5.27. The molecule has 4 saturated carbocycles. The molecule has 0 saturated heterocycles. The lowest BCUT2D eigenvalue weighted by Gasteiger charge is -2.56. The molecule has 0 aliphatic heterocycles. The number of rotatable bonds is 3. The van der Waals surface area contributed by atoms with Crippen molar-refractivity contribution in [2.24, 2.45) is 40.9 Å². The number of aromatic nitrogens is 2. The lowest BCUT2D eigenvalue weighted by atomic mass is 9.49. The fourth-order valence-corrected chi connectivity index (χ4v) is 8.46. The lowest BCUT2D eigenvalue weighted by Crippen LogP contribution is -2.51. The molecule has 1 aromatic rings. The molecule has 30 heavy (non-hydrogen) atoms. The van der Waals surface area contributed by atoms with Crippen LogP contribution in [0.4, 0.5) is 0 Å². The predicted octanol–water partition coefficient (Wildman–Crippen LogP) is 4.65. The van der Waals surface area contributed by atoms with E-state index in [1.807, 2.05) is 10.8 Å². The first-order valence-electron chi connectivity index (χ1n) is 11.8. The Bertz CT molecular complexity index is 858. The van der Waals surface area contributed by atoms with Crippen LogP contribution in [-0.4, -0.2) is 26.0 Å². The Labute approximate surface area is 184 Å². The number of ketones is 1. The quantitative estimate of drug-likeness (QED) is 0.713. The minimum absolute atomic E-state index is 0.158. The highest BCUT2D eigenvalue weighted by molar-refractivity contribution is 6.30. The maximum Gasteiger partial charge on any atom is 0.156 e. The molecule has 5 heteroatoms. The average Bonchev–Trinajstić information content (AvgIpc) is 3.34. The van der Waals surface area contributed by atoms with Gasteiger partial charge in [0.25, 0.3) is 0 Å². The summed E-state index contributed by atoms with van der Waals surface area (Å²) in [7, 11) is 0. The molecule has 162 valence electrons. The molecular formula is C25H33ClN2O2. The second-order valence-corrected chi connectivity index (χ2v) is 11.0. The highest BCUT2D eigenvalue weighted by Crippen LogP contribution is 2.64. The van der Waals surface area contributed by atoms with Crippen LogP contribution in [0, 0.1) is 52.2 Å². The summed E-state index contributed by atoms with van der Waals surface area (Å²) in [6.07, 6.45) is 15.1. The van der Waals surface area contributed by atoms with E-state index in [2.05, 4.69) is 23.2 Å². The van der Waals surface area contributed by atoms with Gasteiger partial charge in [0.15, 0.2) is 5.78 Å². The van der Waals surface area contributed by atoms with E-state index in [0.29, 0.717) is 30.1 Å². The molecular weight excluding hydrogens is 396 g/mol. The zero-order valence-corrected chi connectivity index (χ0v) is 18.7. The number of aliphatic hydroxyl groups is 1. The fourth-order valence-electron chi connectivity index (χ4n) is 8.28. The van der Waals surface area contributed by atoms with E-state index in [1.54, 1.807) is 12.5 Å². The highest BCUT2D eigenvalue weighted by atomic mass is 35.5. The zero-order chi connectivity index (χ0) is 20.9. The van der Waals surface area contributed by atoms with Crippen molar-refractivity contribution in [1.29, 1.82) is 0 Å². The number of carbonyl (C=O) groups excluding carboxylic acids is 1. The van der Waals surface area contributed by atoms with Gasteiger partial charge in [0, 0.05) is 23.7 Å².